The molecule has 114 valence electrons. The van der Waals surface area contributed by atoms with E-state index in [1.807, 2.05) is 24.6 Å². The Bertz CT molecular complexity index is 547. The molecule has 7 heteroatoms. The summed E-state index contributed by atoms with van der Waals surface area (Å²) >= 11 is 0. The summed E-state index contributed by atoms with van der Waals surface area (Å²) in [5.41, 5.74) is 2.12. The van der Waals surface area contributed by atoms with Crippen molar-refractivity contribution in [1.82, 2.24) is 18.4 Å². The first-order valence-electron chi connectivity index (χ1n) is 7.14. The summed E-state index contributed by atoms with van der Waals surface area (Å²) in [6, 6.07) is 2.03. The highest BCUT2D eigenvalue weighted by Crippen LogP contribution is 2.15. The van der Waals surface area contributed by atoms with Crippen LogP contribution in [0.15, 0.2) is 6.07 Å². The van der Waals surface area contributed by atoms with Crippen molar-refractivity contribution < 1.29 is 8.42 Å². The largest absolute Gasteiger partial charge is 0.281 e. The standard InChI is InChI=1S/C13H24N4O2S/c1-12-11-13(2)17(14-12)10-6-7-15(3)20(18,19)16-8-4-5-9-16/h11H,4-10H2,1-3H3. The van der Waals surface area contributed by atoms with Gasteiger partial charge >= 0.3 is 0 Å². The molecular formula is C13H24N4O2S. The van der Waals surface area contributed by atoms with Gasteiger partial charge < -0.3 is 0 Å². The maximum absolute atomic E-state index is 12.3. The number of aryl methyl sites for hydroxylation is 3. The van der Waals surface area contributed by atoms with Gasteiger partial charge in [0, 0.05) is 38.9 Å². The van der Waals surface area contributed by atoms with Gasteiger partial charge in [0.05, 0.1) is 5.69 Å². The van der Waals surface area contributed by atoms with E-state index >= 15 is 0 Å². The monoisotopic (exact) mass is 300 g/mol. The van der Waals surface area contributed by atoms with Crippen LogP contribution in [0, 0.1) is 13.8 Å². The summed E-state index contributed by atoms with van der Waals surface area (Å²) in [5.74, 6) is 0. The van der Waals surface area contributed by atoms with E-state index in [1.54, 1.807) is 11.4 Å². The second-order valence-electron chi connectivity index (χ2n) is 5.44. The van der Waals surface area contributed by atoms with Crippen molar-refractivity contribution in [3.63, 3.8) is 0 Å². The molecule has 1 fully saturated rings. The Hall–Kier alpha value is -0.920. The van der Waals surface area contributed by atoms with Gasteiger partial charge in [-0.05, 0) is 39.2 Å². The van der Waals surface area contributed by atoms with Gasteiger partial charge in [-0.3, -0.25) is 4.68 Å². The third-order valence-electron chi connectivity index (χ3n) is 3.73. The van der Waals surface area contributed by atoms with Crippen molar-refractivity contribution in [2.24, 2.45) is 0 Å². The molecule has 0 N–H and O–H groups in total. The van der Waals surface area contributed by atoms with Crippen LogP contribution in [-0.4, -0.2) is 53.5 Å². The van der Waals surface area contributed by atoms with Crippen molar-refractivity contribution in [1.29, 1.82) is 0 Å². The molecule has 2 heterocycles. The second-order valence-corrected chi connectivity index (χ2v) is 7.47. The van der Waals surface area contributed by atoms with Gasteiger partial charge in [0.1, 0.15) is 0 Å². The summed E-state index contributed by atoms with van der Waals surface area (Å²) in [6.07, 6.45) is 2.71. The highest BCUT2D eigenvalue weighted by Gasteiger charge is 2.28. The maximum Gasteiger partial charge on any atom is 0.281 e. The summed E-state index contributed by atoms with van der Waals surface area (Å²) < 4.78 is 29.5. The minimum absolute atomic E-state index is 0.525. The Labute approximate surface area is 121 Å². The molecule has 0 amide bonds. The highest BCUT2D eigenvalue weighted by atomic mass is 32.2. The Morgan fingerprint density at radius 2 is 1.95 bits per heavy atom. The predicted molar refractivity (Wildman–Crippen MR) is 78.7 cm³/mol. The van der Waals surface area contributed by atoms with Crippen LogP contribution < -0.4 is 0 Å². The fourth-order valence-corrected chi connectivity index (χ4v) is 4.05. The number of hydrogen-bond acceptors (Lipinski definition) is 3. The molecule has 20 heavy (non-hydrogen) atoms. The van der Waals surface area contributed by atoms with Crippen molar-refractivity contribution >= 4 is 10.2 Å². The zero-order valence-corrected chi connectivity index (χ0v) is 13.4. The lowest BCUT2D eigenvalue weighted by atomic mass is 10.4. The molecular weight excluding hydrogens is 276 g/mol. The van der Waals surface area contributed by atoms with Crippen molar-refractivity contribution in [2.45, 2.75) is 39.7 Å². The molecule has 0 saturated carbocycles. The molecule has 2 rings (SSSR count). The zero-order valence-electron chi connectivity index (χ0n) is 12.5. The van der Waals surface area contributed by atoms with Crippen molar-refractivity contribution in [3.8, 4) is 0 Å². The van der Waals surface area contributed by atoms with Crippen LogP contribution in [-0.2, 0) is 16.8 Å². The predicted octanol–water partition coefficient (Wildman–Crippen LogP) is 1.16. The van der Waals surface area contributed by atoms with Crippen LogP contribution in [0.2, 0.25) is 0 Å². The van der Waals surface area contributed by atoms with E-state index in [4.69, 9.17) is 0 Å². The lowest BCUT2D eigenvalue weighted by Crippen LogP contribution is -2.40. The molecule has 1 aliphatic heterocycles. The van der Waals surface area contributed by atoms with Crippen LogP contribution in [0.25, 0.3) is 0 Å². The second kappa shape index (κ2) is 6.24. The SMILES string of the molecule is Cc1cc(C)n(CCCN(C)S(=O)(=O)N2CCCC2)n1. The van der Waals surface area contributed by atoms with Crippen molar-refractivity contribution in [2.75, 3.05) is 26.7 Å². The molecule has 0 atom stereocenters. The molecule has 0 aliphatic carbocycles. The van der Waals surface area contributed by atoms with E-state index in [2.05, 4.69) is 5.10 Å². The Morgan fingerprint density at radius 1 is 1.30 bits per heavy atom. The van der Waals surface area contributed by atoms with E-state index in [9.17, 15) is 8.42 Å². The first-order chi connectivity index (χ1) is 9.41. The van der Waals surface area contributed by atoms with Crippen LogP contribution in [0.5, 0.6) is 0 Å². The summed E-state index contributed by atoms with van der Waals surface area (Å²) in [7, 11) is -1.60. The van der Waals surface area contributed by atoms with Crippen LogP contribution in [0.4, 0.5) is 0 Å². The third-order valence-corrected chi connectivity index (χ3v) is 5.72. The molecule has 0 aromatic carbocycles. The Morgan fingerprint density at radius 3 is 2.50 bits per heavy atom. The van der Waals surface area contributed by atoms with E-state index in [-0.39, 0.29) is 0 Å². The minimum atomic E-state index is -3.26. The molecule has 1 saturated heterocycles. The first kappa shape index (κ1) is 15.5. The third kappa shape index (κ3) is 3.39. The van der Waals surface area contributed by atoms with Crippen LogP contribution >= 0.6 is 0 Å². The van der Waals surface area contributed by atoms with Gasteiger partial charge in [0.15, 0.2) is 0 Å². The van der Waals surface area contributed by atoms with Gasteiger partial charge in [0.25, 0.3) is 10.2 Å². The lowest BCUT2D eigenvalue weighted by Gasteiger charge is -2.23. The first-order valence-corrected chi connectivity index (χ1v) is 8.53. The normalized spacial score (nSPS) is 17.2. The molecule has 0 bridgehead atoms. The number of aromatic nitrogens is 2. The van der Waals surface area contributed by atoms with Gasteiger partial charge in [0.2, 0.25) is 0 Å². The topological polar surface area (TPSA) is 58.4 Å². The average Bonchev–Trinajstić information content (AvgIpc) is 3.00. The summed E-state index contributed by atoms with van der Waals surface area (Å²) in [4.78, 5) is 0. The van der Waals surface area contributed by atoms with E-state index in [0.717, 1.165) is 37.2 Å². The molecule has 1 aliphatic rings. The Balaban J connectivity index is 1.85. The maximum atomic E-state index is 12.3. The molecule has 0 radical (unpaired) electrons. The van der Waals surface area contributed by atoms with E-state index in [1.165, 1.54) is 4.31 Å². The van der Waals surface area contributed by atoms with E-state index in [0.29, 0.717) is 19.6 Å². The lowest BCUT2D eigenvalue weighted by molar-refractivity contribution is 0.381. The van der Waals surface area contributed by atoms with E-state index < -0.39 is 10.2 Å². The smallest absolute Gasteiger partial charge is 0.270 e. The quantitative estimate of drug-likeness (QED) is 0.792. The fourth-order valence-electron chi connectivity index (χ4n) is 2.58. The van der Waals surface area contributed by atoms with Gasteiger partial charge in [-0.1, -0.05) is 0 Å². The molecule has 1 aromatic heterocycles. The average molecular weight is 300 g/mol. The zero-order chi connectivity index (χ0) is 14.8. The highest BCUT2D eigenvalue weighted by molar-refractivity contribution is 7.86. The van der Waals surface area contributed by atoms with Gasteiger partial charge in [-0.15, -0.1) is 0 Å². The molecule has 1 aromatic rings. The van der Waals surface area contributed by atoms with Crippen molar-refractivity contribution in [3.05, 3.63) is 17.5 Å². The number of nitrogens with zero attached hydrogens (tertiary/aromatic N) is 4. The molecule has 6 nitrogen and oxygen atoms in total. The van der Waals surface area contributed by atoms with Gasteiger partial charge in [-0.2, -0.15) is 22.1 Å². The van der Waals surface area contributed by atoms with Crippen LogP contribution in [0.3, 0.4) is 0 Å². The molecule has 0 spiro atoms. The number of rotatable bonds is 6. The van der Waals surface area contributed by atoms with Crippen LogP contribution in [0.1, 0.15) is 30.7 Å². The summed E-state index contributed by atoms with van der Waals surface area (Å²) in [6.45, 7) is 6.57. The Kier molecular flexibility index (Phi) is 4.82. The fraction of sp³-hybridized carbons (Fsp3) is 0.769. The minimum Gasteiger partial charge on any atom is -0.270 e. The molecule has 0 unspecified atom stereocenters. The number of hydrogen-bond donors (Lipinski definition) is 0. The van der Waals surface area contributed by atoms with Gasteiger partial charge in [-0.25, -0.2) is 0 Å². The summed E-state index contributed by atoms with van der Waals surface area (Å²) in [5, 5.41) is 4.38.